The average molecular weight is 337 g/mol. The molecule has 0 spiro atoms. The van der Waals surface area contributed by atoms with E-state index in [2.05, 4.69) is 45.5 Å². The van der Waals surface area contributed by atoms with Crippen molar-refractivity contribution in [3.05, 3.63) is 65.3 Å². The van der Waals surface area contributed by atoms with Crippen LogP contribution in [0.3, 0.4) is 0 Å². The summed E-state index contributed by atoms with van der Waals surface area (Å²) < 4.78 is 11.7. The van der Waals surface area contributed by atoms with Gasteiger partial charge in [-0.2, -0.15) is 0 Å². The van der Waals surface area contributed by atoms with E-state index in [0.717, 1.165) is 15.2 Å². The molecule has 0 aliphatic heterocycles. The number of hydrogen-bond donors (Lipinski definition) is 0. The van der Waals surface area contributed by atoms with Crippen LogP contribution in [0.15, 0.2) is 52.9 Å². The molecule has 0 radical (unpaired) electrons. The van der Waals surface area contributed by atoms with E-state index >= 15 is 0 Å². The summed E-state index contributed by atoms with van der Waals surface area (Å²) >= 11 is 1.65. The highest BCUT2D eigenvalue weighted by atomic mass is 32.1. The Morgan fingerprint density at radius 3 is 2.67 bits per heavy atom. The third-order valence-corrected chi connectivity index (χ3v) is 4.64. The Hall–Kier alpha value is -2.57. The molecule has 0 aliphatic rings. The van der Waals surface area contributed by atoms with E-state index < -0.39 is 0 Å². The van der Waals surface area contributed by atoms with Gasteiger partial charge in [0.1, 0.15) is 11.6 Å². The summed E-state index contributed by atoms with van der Waals surface area (Å²) in [5.41, 5.74) is 3.39. The van der Waals surface area contributed by atoms with Crippen LogP contribution >= 0.6 is 11.3 Å². The van der Waals surface area contributed by atoms with Gasteiger partial charge in [-0.25, -0.2) is 4.98 Å². The predicted octanol–water partition coefficient (Wildman–Crippen LogP) is 4.08. The van der Waals surface area contributed by atoms with E-state index in [4.69, 9.17) is 9.15 Å². The first-order valence-corrected chi connectivity index (χ1v) is 8.38. The van der Waals surface area contributed by atoms with Gasteiger partial charge < -0.3 is 9.15 Å². The molecule has 2 aromatic carbocycles. The third kappa shape index (κ3) is 3.06. The van der Waals surface area contributed by atoms with Gasteiger partial charge in [-0.05, 0) is 23.3 Å². The van der Waals surface area contributed by atoms with Crippen LogP contribution in [0.25, 0.3) is 21.3 Å². The largest absolute Gasteiger partial charge is 0.422 e. The quantitative estimate of drug-likeness (QED) is 0.549. The molecule has 0 amide bonds. The Balaban J connectivity index is 1.61. The van der Waals surface area contributed by atoms with Crippen LogP contribution in [0.1, 0.15) is 16.8 Å². The van der Waals surface area contributed by atoms with E-state index in [1.165, 1.54) is 11.1 Å². The van der Waals surface area contributed by atoms with Crippen molar-refractivity contribution in [3.8, 4) is 11.1 Å². The van der Waals surface area contributed by atoms with Gasteiger partial charge in [0.15, 0.2) is 0 Å². The molecule has 4 aromatic rings. The molecule has 120 valence electrons. The summed E-state index contributed by atoms with van der Waals surface area (Å²) in [6.07, 6.45) is 0.538. The normalized spacial score (nSPS) is 11.2. The van der Waals surface area contributed by atoms with E-state index in [1.54, 1.807) is 18.4 Å². The molecule has 0 saturated heterocycles. The first kappa shape index (κ1) is 15.0. The smallest absolute Gasteiger partial charge is 0.242 e. The van der Waals surface area contributed by atoms with E-state index in [9.17, 15) is 0 Å². The van der Waals surface area contributed by atoms with E-state index in [0.29, 0.717) is 24.8 Å². The Morgan fingerprint density at radius 1 is 1.00 bits per heavy atom. The Kier molecular flexibility index (Phi) is 4.06. The second-order valence-electron chi connectivity index (χ2n) is 5.36. The lowest BCUT2D eigenvalue weighted by Gasteiger charge is -2.00. The fourth-order valence-electron chi connectivity index (χ4n) is 2.53. The first-order valence-electron chi connectivity index (χ1n) is 7.57. The zero-order chi connectivity index (χ0) is 16.4. The van der Waals surface area contributed by atoms with Gasteiger partial charge in [0.25, 0.3) is 0 Å². The van der Waals surface area contributed by atoms with Gasteiger partial charge in [-0.1, -0.05) is 36.4 Å². The fraction of sp³-hybridized carbons (Fsp3) is 0.167. The van der Waals surface area contributed by atoms with Crippen molar-refractivity contribution >= 4 is 21.6 Å². The zero-order valence-corrected chi connectivity index (χ0v) is 13.9. The molecule has 0 fully saturated rings. The number of aromatic nitrogens is 3. The summed E-state index contributed by atoms with van der Waals surface area (Å²) in [5, 5.41) is 8.94. The lowest BCUT2D eigenvalue weighted by molar-refractivity contribution is 0.158. The summed E-state index contributed by atoms with van der Waals surface area (Å²) in [5.74, 6) is 1.05. The first-order chi connectivity index (χ1) is 11.8. The SMILES string of the molecule is COCc1nnc(Cc2nc3ccc(-c4ccccc4)cc3s2)o1. The van der Waals surface area contributed by atoms with Crippen molar-refractivity contribution in [2.75, 3.05) is 7.11 Å². The Morgan fingerprint density at radius 2 is 1.83 bits per heavy atom. The highest BCUT2D eigenvalue weighted by Gasteiger charge is 2.11. The van der Waals surface area contributed by atoms with Crippen molar-refractivity contribution in [2.45, 2.75) is 13.0 Å². The number of thiazole rings is 1. The van der Waals surface area contributed by atoms with Crippen molar-refractivity contribution < 1.29 is 9.15 Å². The maximum absolute atomic E-state index is 5.54. The topological polar surface area (TPSA) is 61.0 Å². The van der Waals surface area contributed by atoms with Crippen LogP contribution in [-0.4, -0.2) is 22.3 Å². The highest BCUT2D eigenvalue weighted by Crippen LogP contribution is 2.29. The summed E-state index contributed by atoms with van der Waals surface area (Å²) in [6, 6.07) is 16.7. The number of rotatable bonds is 5. The van der Waals surface area contributed by atoms with E-state index in [1.807, 2.05) is 18.2 Å². The van der Waals surface area contributed by atoms with Gasteiger partial charge in [0.05, 0.1) is 16.6 Å². The van der Waals surface area contributed by atoms with Crippen LogP contribution in [0, 0.1) is 0 Å². The molecule has 0 N–H and O–H groups in total. The maximum Gasteiger partial charge on any atom is 0.242 e. The molecule has 6 heteroatoms. The van der Waals surface area contributed by atoms with Gasteiger partial charge in [0, 0.05) is 7.11 Å². The highest BCUT2D eigenvalue weighted by molar-refractivity contribution is 7.18. The van der Waals surface area contributed by atoms with Gasteiger partial charge in [-0.15, -0.1) is 21.5 Å². The van der Waals surface area contributed by atoms with Crippen molar-refractivity contribution in [3.63, 3.8) is 0 Å². The molecule has 2 aromatic heterocycles. The Labute approximate surface area is 142 Å². The molecule has 4 rings (SSSR count). The molecular formula is C18H15N3O2S. The minimum Gasteiger partial charge on any atom is -0.422 e. The number of fused-ring (bicyclic) bond motifs is 1. The molecule has 0 aliphatic carbocycles. The number of nitrogens with zero attached hydrogens (tertiary/aromatic N) is 3. The van der Waals surface area contributed by atoms with Crippen LogP contribution in [0.2, 0.25) is 0 Å². The number of ether oxygens (including phenoxy) is 1. The van der Waals surface area contributed by atoms with Crippen LogP contribution in [0.5, 0.6) is 0 Å². The molecule has 0 atom stereocenters. The van der Waals surface area contributed by atoms with Crippen molar-refractivity contribution in [2.24, 2.45) is 0 Å². The standard InChI is InChI=1S/C18H15N3O2S/c1-22-11-17-21-20-16(23-17)10-18-19-14-8-7-13(9-15(14)24-18)12-5-3-2-4-6-12/h2-9H,10-11H2,1H3. The average Bonchev–Trinajstić information content (AvgIpc) is 3.21. The van der Waals surface area contributed by atoms with Crippen LogP contribution in [0.4, 0.5) is 0 Å². The van der Waals surface area contributed by atoms with Gasteiger partial charge >= 0.3 is 0 Å². The summed E-state index contributed by atoms with van der Waals surface area (Å²) in [6.45, 7) is 0.327. The number of methoxy groups -OCH3 is 1. The third-order valence-electron chi connectivity index (χ3n) is 3.62. The summed E-state index contributed by atoms with van der Waals surface area (Å²) in [4.78, 5) is 4.66. The maximum atomic E-state index is 5.54. The van der Waals surface area contributed by atoms with Crippen molar-refractivity contribution in [1.29, 1.82) is 0 Å². The lowest BCUT2D eigenvalue weighted by Crippen LogP contribution is -1.86. The van der Waals surface area contributed by atoms with Crippen LogP contribution in [-0.2, 0) is 17.8 Å². The monoisotopic (exact) mass is 337 g/mol. The molecule has 2 heterocycles. The van der Waals surface area contributed by atoms with Gasteiger partial charge in [-0.3, -0.25) is 0 Å². The molecule has 24 heavy (non-hydrogen) atoms. The molecule has 0 unspecified atom stereocenters. The second-order valence-corrected chi connectivity index (χ2v) is 6.47. The summed E-state index contributed by atoms with van der Waals surface area (Å²) in [7, 11) is 1.60. The minimum absolute atomic E-state index is 0.327. The molecule has 5 nitrogen and oxygen atoms in total. The molecule has 0 bridgehead atoms. The lowest BCUT2D eigenvalue weighted by atomic mass is 10.1. The van der Waals surface area contributed by atoms with Crippen LogP contribution < -0.4 is 0 Å². The minimum atomic E-state index is 0.327. The number of hydrogen-bond acceptors (Lipinski definition) is 6. The Bertz CT molecular complexity index is 963. The predicted molar refractivity (Wildman–Crippen MR) is 92.9 cm³/mol. The fourth-order valence-corrected chi connectivity index (χ4v) is 3.53. The van der Waals surface area contributed by atoms with Gasteiger partial charge in [0.2, 0.25) is 11.8 Å². The second kappa shape index (κ2) is 6.51. The van der Waals surface area contributed by atoms with Crippen molar-refractivity contribution in [1.82, 2.24) is 15.2 Å². The molecular weight excluding hydrogens is 322 g/mol. The molecule has 0 saturated carbocycles. The van der Waals surface area contributed by atoms with E-state index in [-0.39, 0.29) is 0 Å². The zero-order valence-electron chi connectivity index (χ0n) is 13.1. The number of benzene rings is 2.